The maximum absolute atomic E-state index is 9.06. The van der Waals surface area contributed by atoms with Gasteiger partial charge in [0, 0.05) is 0 Å². The number of nitrogens with zero attached hydrogens (tertiary/aromatic N) is 1. The van der Waals surface area contributed by atoms with Crippen molar-refractivity contribution in [3.8, 4) is 11.8 Å². The molecule has 20 heavy (non-hydrogen) atoms. The maximum atomic E-state index is 9.06. The third-order valence-corrected chi connectivity index (χ3v) is 3.66. The van der Waals surface area contributed by atoms with Crippen LogP contribution in [-0.4, -0.2) is 19.2 Å². The third kappa shape index (κ3) is 5.22. The molecule has 1 atom stereocenters. The lowest BCUT2D eigenvalue weighted by Crippen LogP contribution is -2.37. The zero-order valence-corrected chi connectivity index (χ0v) is 13.1. The molecule has 0 saturated heterocycles. The van der Waals surface area contributed by atoms with E-state index in [2.05, 4.69) is 37.4 Å². The first-order valence-corrected chi connectivity index (χ1v) is 7.33. The molecule has 0 spiro atoms. The molecule has 1 rings (SSSR count). The zero-order chi connectivity index (χ0) is 15.0. The van der Waals surface area contributed by atoms with Crippen LogP contribution in [0, 0.1) is 11.3 Å². The fourth-order valence-electron chi connectivity index (χ4n) is 1.97. The van der Waals surface area contributed by atoms with Crippen molar-refractivity contribution in [2.75, 3.05) is 13.7 Å². The minimum Gasteiger partial charge on any atom is -0.494 e. The van der Waals surface area contributed by atoms with Crippen molar-refractivity contribution in [2.24, 2.45) is 0 Å². The molecular formula is C17H26N2O. The Balaban J connectivity index is 2.32. The molecule has 1 aromatic rings. The summed E-state index contributed by atoms with van der Waals surface area (Å²) in [5.41, 5.74) is 0.882. The number of hydrogen-bond acceptors (Lipinski definition) is 3. The second-order valence-corrected chi connectivity index (χ2v) is 5.73. The highest BCUT2D eigenvalue weighted by Crippen LogP contribution is 2.20. The van der Waals surface area contributed by atoms with Crippen molar-refractivity contribution in [3.63, 3.8) is 0 Å². The number of rotatable bonds is 8. The summed E-state index contributed by atoms with van der Waals surface area (Å²) in [4.78, 5) is 0. The summed E-state index contributed by atoms with van der Waals surface area (Å²) in [6.07, 6.45) is 2.79. The van der Waals surface area contributed by atoms with Crippen LogP contribution in [0.1, 0.15) is 51.5 Å². The number of nitriles is 1. The predicted molar refractivity (Wildman–Crippen MR) is 83.0 cm³/mol. The van der Waals surface area contributed by atoms with Crippen LogP contribution in [0.5, 0.6) is 5.75 Å². The molecule has 0 aromatic heterocycles. The zero-order valence-electron chi connectivity index (χ0n) is 13.1. The monoisotopic (exact) mass is 274 g/mol. The summed E-state index contributed by atoms with van der Waals surface area (Å²) in [5.74, 6) is 1.46. The lowest BCUT2D eigenvalue weighted by molar-refractivity contribution is 0.297. The van der Waals surface area contributed by atoms with Crippen molar-refractivity contribution >= 4 is 0 Å². The van der Waals surface area contributed by atoms with Crippen LogP contribution in [0.2, 0.25) is 0 Å². The van der Waals surface area contributed by atoms with Gasteiger partial charge in [0.15, 0.2) is 0 Å². The van der Waals surface area contributed by atoms with Crippen LogP contribution in [0.25, 0.3) is 0 Å². The summed E-state index contributed by atoms with van der Waals surface area (Å²) < 4.78 is 5.78. The SMILES string of the molecule is CNC(C)(C#N)CCCCOc1cccc(C(C)C)c1. The highest BCUT2D eigenvalue weighted by molar-refractivity contribution is 5.30. The number of ether oxygens (including phenoxy) is 1. The molecule has 1 aromatic carbocycles. The lowest BCUT2D eigenvalue weighted by atomic mass is 9.97. The van der Waals surface area contributed by atoms with E-state index in [9.17, 15) is 0 Å². The molecule has 110 valence electrons. The van der Waals surface area contributed by atoms with Gasteiger partial charge in [-0.2, -0.15) is 5.26 Å². The highest BCUT2D eigenvalue weighted by atomic mass is 16.5. The molecule has 1 unspecified atom stereocenters. The fraction of sp³-hybridized carbons (Fsp3) is 0.588. The fourth-order valence-corrected chi connectivity index (χ4v) is 1.97. The lowest BCUT2D eigenvalue weighted by Gasteiger charge is -2.20. The Morgan fingerprint density at radius 1 is 1.35 bits per heavy atom. The first-order valence-electron chi connectivity index (χ1n) is 7.33. The van der Waals surface area contributed by atoms with Crippen LogP contribution >= 0.6 is 0 Å². The molecule has 0 aliphatic rings. The van der Waals surface area contributed by atoms with Crippen LogP contribution in [-0.2, 0) is 0 Å². The van der Waals surface area contributed by atoms with Crippen LogP contribution in [0.3, 0.4) is 0 Å². The van der Waals surface area contributed by atoms with Crippen LogP contribution in [0.4, 0.5) is 0 Å². The molecule has 0 heterocycles. The Kier molecular flexibility index (Phi) is 6.54. The van der Waals surface area contributed by atoms with Crippen LogP contribution < -0.4 is 10.1 Å². The predicted octanol–water partition coefficient (Wildman–Crippen LogP) is 3.86. The second kappa shape index (κ2) is 7.91. The Bertz CT molecular complexity index is 451. The molecule has 0 radical (unpaired) electrons. The average Bonchev–Trinajstić information content (AvgIpc) is 2.47. The van der Waals surface area contributed by atoms with Crippen molar-refractivity contribution < 1.29 is 4.74 Å². The molecule has 0 bridgehead atoms. The first kappa shape index (κ1) is 16.5. The van der Waals surface area contributed by atoms with Gasteiger partial charge in [0.2, 0.25) is 0 Å². The summed E-state index contributed by atoms with van der Waals surface area (Å²) in [6, 6.07) is 10.6. The maximum Gasteiger partial charge on any atom is 0.119 e. The van der Waals surface area contributed by atoms with Crippen molar-refractivity contribution in [1.82, 2.24) is 5.32 Å². The Morgan fingerprint density at radius 2 is 2.10 bits per heavy atom. The highest BCUT2D eigenvalue weighted by Gasteiger charge is 2.19. The average molecular weight is 274 g/mol. The van der Waals surface area contributed by atoms with Crippen molar-refractivity contribution in [3.05, 3.63) is 29.8 Å². The van der Waals surface area contributed by atoms with Gasteiger partial charge in [-0.05, 0) is 56.8 Å². The van der Waals surface area contributed by atoms with E-state index >= 15 is 0 Å². The van der Waals surface area contributed by atoms with E-state index in [1.54, 1.807) is 0 Å². The van der Waals surface area contributed by atoms with Crippen molar-refractivity contribution in [2.45, 2.75) is 51.5 Å². The van der Waals surface area contributed by atoms with E-state index in [1.807, 2.05) is 26.1 Å². The minimum atomic E-state index is -0.419. The number of hydrogen-bond donors (Lipinski definition) is 1. The van der Waals surface area contributed by atoms with E-state index in [0.29, 0.717) is 12.5 Å². The topological polar surface area (TPSA) is 45.0 Å². The molecule has 0 fully saturated rings. The molecule has 1 N–H and O–H groups in total. The molecule has 0 amide bonds. The van der Waals surface area contributed by atoms with Gasteiger partial charge in [0.1, 0.15) is 11.3 Å². The normalized spacial score (nSPS) is 13.8. The molecular weight excluding hydrogens is 248 g/mol. The largest absolute Gasteiger partial charge is 0.494 e. The van der Waals surface area contributed by atoms with Gasteiger partial charge in [0.25, 0.3) is 0 Å². The molecule has 3 heteroatoms. The summed E-state index contributed by atoms with van der Waals surface area (Å²) in [5, 5.41) is 12.1. The van der Waals surface area contributed by atoms with Gasteiger partial charge >= 0.3 is 0 Å². The van der Waals surface area contributed by atoms with Gasteiger partial charge in [-0.25, -0.2) is 0 Å². The summed E-state index contributed by atoms with van der Waals surface area (Å²) >= 11 is 0. The van der Waals surface area contributed by atoms with E-state index in [-0.39, 0.29) is 0 Å². The van der Waals surface area contributed by atoms with E-state index in [1.165, 1.54) is 5.56 Å². The van der Waals surface area contributed by atoms with Gasteiger partial charge in [-0.3, -0.25) is 0 Å². The smallest absolute Gasteiger partial charge is 0.119 e. The quantitative estimate of drug-likeness (QED) is 0.732. The first-order chi connectivity index (χ1) is 9.50. The van der Waals surface area contributed by atoms with Crippen molar-refractivity contribution in [1.29, 1.82) is 5.26 Å². The standard InChI is InChI=1S/C17H26N2O/c1-14(2)15-8-7-9-16(12-15)20-11-6-5-10-17(3,13-18)19-4/h7-9,12,14,19H,5-6,10-11H2,1-4H3. The number of unbranched alkanes of at least 4 members (excludes halogenated alkanes) is 1. The number of benzene rings is 1. The summed E-state index contributed by atoms with van der Waals surface area (Å²) in [7, 11) is 1.83. The molecule has 3 nitrogen and oxygen atoms in total. The Morgan fingerprint density at radius 3 is 2.70 bits per heavy atom. The number of nitrogens with one attached hydrogen (secondary N) is 1. The minimum absolute atomic E-state index is 0.419. The summed E-state index contributed by atoms with van der Waals surface area (Å²) in [6.45, 7) is 6.99. The Labute approximate surface area is 123 Å². The molecule has 0 aliphatic heterocycles. The molecule has 0 aliphatic carbocycles. The van der Waals surface area contributed by atoms with Crippen LogP contribution in [0.15, 0.2) is 24.3 Å². The van der Waals surface area contributed by atoms with E-state index in [4.69, 9.17) is 10.00 Å². The molecule has 0 saturated carbocycles. The Hall–Kier alpha value is -1.53. The third-order valence-electron chi connectivity index (χ3n) is 3.66. The van der Waals surface area contributed by atoms with Gasteiger partial charge in [0.05, 0.1) is 12.7 Å². The van der Waals surface area contributed by atoms with E-state index < -0.39 is 5.54 Å². The second-order valence-electron chi connectivity index (χ2n) is 5.73. The van der Waals surface area contributed by atoms with Gasteiger partial charge < -0.3 is 10.1 Å². The van der Waals surface area contributed by atoms with Gasteiger partial charge in [-0.1, -0.05) is 26.0 Å². The van der Waals surface area contributed by atoms with E-state index in [0.717, 1.165) is 25.0 Å². The van der Waals surface area contributed by atoms with Gasteiger partial charge in [-0.15, -0.1) is 0 Å².